The summed E-state index contributed by atoms with van der Waals surface area (Å²) in [7, 11) is 0. The lowest BCUT2D eigenvalue weighted by Crippen LogP contribution is -2.14. The summed E-state index contributed by atoms with van der Waals surface area (Å²) in [6.45, 7) is 0.545. The summed E-state index contributed by atoms with van der Waals surface area (Å²) in [6.07, 6.45) is 3.90. The van der Waals surface area contributed by atoms with Gasteiger partial charge in [-0.15, -0.1) is 0 Å². The highest BCUT2D eigenvalue weighted by Crippen LogP contribution is 2.23. The molecule has 0 saturated heterocycles. The van der Waals surface area contributed by atoms with Crippen LogP contribution in [0.1, 0.15) is 25.7 Å². The van der Waals surface area contributed by atoms with Gasteiger partial charge >= 0.3 is 5.97 Å². The number of amides is 1. The fourth-order valence-corrected chi connectivity index (χ4v) is 0.824. The van der Waals surface area contributed by atoms with E-state index in [1.165, 1.54) is 0 Å². The Morgan fingerprint density at radius 1 is 1.58 bits per heavy atom. The van der Waals surface area contributed by atoms with Gasteiger partial charge in [0.05, 0.1) is 0 Å². The van der Waals surface area contributed by atoms with Crippen LogP contribution in [0.2, 0.25) is 0 Å². The first-order valence-corrected chi connectivity index (χ1v) is 4.19. The maximum Gasteiger partial charge on any atom is 0.306 e. The second-order valence-electron chi connectivity index (χ2n) is 2.86. The molecule has 68 valence electrons. The van der Waals surface area contributed by atoms with Gasteiger partial charge in [-0.3, -0.25) is 9.59 Å². The summed E-state index contributed by atoms with van der Waals surface area (Å²) in [4.78, 5) is 20.7. The molecule has 1 rings (SSSR count). The normalized spacial score (nSPS) is 15.3. The van der Waals surface area contributed by atoms with E-state index in [1.54, 1.807) is 0 Å². The minimum absolute atomic E-state index is 0.148. The van der Waals surface area contributed by atoms with Crippen LogP contribution in [0.4, 0.5) is 0 Å². The minimum atomic E-state index is -0.148. The Kier molecular flexibility index (Phi) is 3.57. The molecular weight excluding hydrogens is 158 g/mol. The van der Waals surface area contributed by atoms with Gasteiger partial charge in [-0.1, -0.05) is 0 Å². The van der Waals surface area contributed by atoms with Crippen molar-refractivity contribution in [3.05, 3.63) is 0 Å². The summed E-state index contributed by atoms with van der Waals surface area (Å²) < 4.78 is 4.99. The smallest absolute Gasteiger partial charge is 0.306 e. The van der Waals surface area contributed by atoms with Crippen LogP contribution in [-0.4, -0.2) is 25.0 Å². The first-order chi connectivity index (χ1) is 5.83. The van der Waals surface area contributed by atoms with E-state index in [4.69, 9.17) is 4.74 Å². The van der Waals surface area contributed by atoms with E-state index >= 15 is 0 Å². The molecule has 0 radical (unpaired) electrons. The molecule has 0 spiro atoms. The number of hydrogen-bond acceptors (Lipinski definition) is 3. The zero-order valence-corrected chi connectivity index (χ0v) is 6.91. The molecule has 4 nitrogen and oxygen atoms in total. The number of carbonyl (C=O) groups excluding carboxylic acids is 2. The van der Waals surface area contributed by atoms with Crippen LogP contribution in [0, 0.1) is 0 Å². The van der Waals surface area contributed by atoms with Crippen LogP contribution >= 0.6 is 0 Å². The first-order valence-electron chi connectivity index (χ1n) is 4.19. The molecule has 4 heteroatoms. The van der Waals surface area contributed by atoms with Crippen molar-refractivity contribution < 1.29 is 14.3 Å². The van der Waals surface area contributed by atoms with E-state index in [2.05, 4.69) is 5.32 Å². The molecule has 0 aromatic carbocycles. The highest BCUT2D eigenvalue weighted by Gasteiger charge is 2.25. The summed E-state index contributed by atoms with van der Waals surface area (Å²) in [5.41, 5.74) is 0. The molecule has 0 aromatic rings. The van der Waals surface area contributed by atoms with Crippen molar-refractivity contribution in [2.45, 2.75) is 31.8 Å². The van der Waals surface area contributed by atoms with E-state index in [0.717, 1.165) is 12.8 Å². The molecule has 0 aliphatic heterocycles. The molecule has 0 bridgehead atoms. The van der Waals surface area contributed by atoms with Gasteiger partial charge in [0.2, 0.25) is 6.41 Å². The average molecular weight is 171 g/mol. The predicted molar refractivity (Wildman–Crippen MR) is 42.4 cm³/mol. The fourth-order valence-electron chi connectivity index (χ4n) is 0.824. The van der Waals surface area contributed by atoms with E-state index in [9.17, 15) is 9.59 Å². The highest BCUT2D eigenvalue weighted by molar-refractivity contribution is 5.69. The van der Waals surface area contributed by atoms with Crippen LogP contribution in [0.3, 0.4) is 0 Å². The molecule has 1 aliphatic carbocycles. The van der Waals surface area contributed by atoms with Crippen LogP contribution in [-0.2, 0) is 14.3 Å². The molecule has 0 atom stereocenters. The zero-order valence-electron chi connectivity index (χ0n) is 6.91. The fraction of sp³-hybridized carbons (Fsp3) is 0.750. The molecule has 0 heterocycles. The molecule has 0 aromatic heterocycles. The van der Waals surface area contributed by atoms with Crippen molar-refractivity contribution >= 4 is 12.4 Å². The molecule has 1 fully saturated rings. The van der Waals surface area contributed by atoms with Crippen molar-refractivity contribution in [3.8, 4) is 0 Å². The van der Waals surface area contributed by atoms with E-state index in [-0.39, 0.29) is 12.1 Å². The van der Waals surface area contributed by atoms with Gasteiger partial charge < -0.3 is 10.1 Å². The Morgan fingerprint density at radius 2 is 2.33 bits per heavy atom. The summed E-state index contributed by atoms with van der Waals surface area (Å²) in [5.74, 6) is -0.148. The third kappa shape index (κ3) is 3.95. The molecule has 12 heavy (non-hydrogen) atoms. The molecule has 1 aliphatic rings. The van der Waals surface area contributed by atoms with Gasteiger partial charge in [-0.05, 0) is 19.3 Å². The van der Waals surface area contributed by atoms with Gasteiger partial charge in [0.1, 0.15) is 6.10 Å². The second-order valence-corrected chi connectivity index (χ2v) is 2.86. The summed E-state index contributed by atoms with van der Waals surface area (Å²) >= 11 is 0. The van der Waals surface area contributed by atoms with E-state index in [0.29, 0.717) is 25.8 Å². The van der Waals surface area contributed by atoms with Gasteiger partial charge in [0.15, 0.2) is 0 Å². The van der Waals surface area contributed by atoms with Crippen molar-refractivity contribution in [2.24, 2.45) is 0 Å². The molecule has 1 amide bonds. The summed E-state index contributed by atoms with van der Waals surface area (Å²) in [6, 6.07) is 0. The summed E-state index contributed by atoms with van der Waals surface area (Å²) in [5, 5.41) is 2.48. The SMILES string of the molecule is O=CNCCCC(=O)OC1CC1. The van der Waals surface area contributed by atoms with Crippen LogP contribution in [0.5, 0.6) is 0 Å². The monoisotopic (exact) mass is 171 g/mol. The third-order valence-electron chi connectivity index (χ3n) is 1.61. The Labute approximate surface area is 71.3 Å². The number of nitrogens with one attached hydrogen (secondary N) is 1. The van der Waals surface area contributed by atoms with Crippen molar-refractivity contribution in [2.75, 3.05) is 6.54 Å². The van der Waals surface area contributed by atoms with E-state index < -0.39 is 0 Å². The largest absolute Gasteiger partial charge is 0.462 e. The quantitative estimate of drug-likeness (QED) is 0.353. The second kappa shape index (κ2) is 4.74. The van der Waals surface area contributed by atoms with Crippen LogP contribution < -0.4 is 5.32 Å². The lowest BCUT2D eigenvalue weighted by molar-refractivity contribution is -0.145. The van der Waals surface area contributed by atoms with Crippen LogP contribution in [0.15, 0.2) is 0 Å². The van der Waals surface area contributed by atoms with Gasteiger partial charge in [-0.2, -0.15) is 0 Å². The number of carbonyl (C=O) groups is 2. The number of rotatable bonds is 6. The van der Waals surface area contributed by atoms with Gasteiger partial charge in [0, 0.05) is 13.0 Å². The van der Waals surface area contributed by atoms with Crippen molar-refractivity contribution in [3.63, 3.8) is 0 Å². The van der Waals surface area contributed by atoms with Gasteiger partial charge in [0.25, 0.3) is 0 Å². The number of hydrogen-bond donors (Lipinski definition) is 1. The Balaban J connectivity index is 1.90. The topological polar surface area (TPSA) is 55.4 Å². The Morgan fingerprint density at radius 3 is 2.92 bits per heavy atom. The lowest BCUT2D eigenvalue weighted by atomic mass is 10.3. The first kappa shape index (κ1) is 9.03. The predicted octanol–water partition coefficient (Wildman–Crippen LogP) is 0.218. The van der Waals surface area contributed by atoms with E-state index in [1.807, 2.05) is 0 Å². The highest BCUT2D eigenvalue weighted by atomic mass is 16.5. The third-order valence-corrected chi connectivity index (χ3v) is 1.61. The average Bonchev–Trinajstić information content (AvgIpc) is 2.82. The molecular formula is C8H13NO3. The maximum atomic E-state index is 10.9. The number of ether oxygens (including phenoxy) is 1. The zero-order chi connectivity index (χ0) is 8.81. The molecule has 1 saturated carbocycles. The lowest BCUT2D eigenvalue weighted by Gasteiger charge is -2.01. The Bertz CT molecular complexity index is 166. The Hall–Kier alpha value is -1.06. The molecule has 1 N–H and O–H groups in total. The molecule has 0 unspecified atom stereocenters. The minimum Gasteiger partial charge on any atom is -0.462 e. The van der Waals surface area contributed by atoms with Crippen LogP contribution in [0.25, 0.3) is 0 Å². The maximum absolute atomic E-state index is 10.9. The standard InChI is InChI=1S/C8H13NO3/c10-6-9-5-1-2-8(11)12-7-3-4-7/h6-7H,1-5H2,(H,9,10). The van der Waals surface area contributed by atoms with Gasteiger partial charge in [-0.25, -0.2) is 0 Å². The number of esters is 1. The van der Waals surface area contributed by atoms with Crippen molar-refractivity contribution in [1.29, 1.82) is 0 Å². The van der Waals surface area contributed by atoms with Crippen molar-refractivity contribution in [1.82, 2.24) is 5.32 Å².